The minimum absolute atomic E-state index is 0.118. The third-order valence-electron chi connectivity index (χ3n) is 3.09. The van der Waals surface area contributed by atoms with Gasteiger partial charge in [-0.25, -0.2) is 4.39 Å². The van der Waals surface area contributed by atoms with Crippen molar-refractivity contribution in [2.45, 2.75) is 11.6 Å². The lowest BCUT2D eigenvalue weighted by atomic mass is 10.1. The number of thioether (sulfide) groups is 2. The van der Waals surface area contributed by atoms with Gasteiger partial charge in [-0.3, -0.25) is 4.79 Å². The van der Waals surface area contributed by atoms with E-state index in [1.807, 2.05) is 6.26 Å². The summed E-state index contributed by atoms with van der Waals surface area (Å²) in [6, 6.07) is 2.41. The summed E-state index contributed by atoms with van der Waals surface area (Å²) in [5.41, 5.74) is -1.07. The molecule has 2 nitrogen and oxygen atoms in total. The number of hydrogen-bond acceptors (Lipinski definition) is 3. The van der Waals surface area contributed by atoms with Gasteiger partial charge >= 0.3 is 6.18 Å². The van der Waals surface area contributed by atoms with Gasteiger partial charge in [0.15, 0.2) is 0 Å². The van der Waals surface area contributed by atoms with Crippen molar-refractivity contribution in [3.8, 4) is 0 Å². The van der Waals surface area contributed by atoms with Crippen LogP contribution in [0.1, 0.15) is 16.5 Å². The summed E-state index contributed by atoms with van der Waals surface area (Å²) in [7, 11) is 0. The zero-order chi connectivity index (χ0) is 15.6. The van der Waals surface area contributed by atoms with Crippen LogP contribution < -0.4 is 0 Å². The second-order valence-corrected chi connectivity index (χ2v) is 6.53. The molecule has 21 heavy (non-hydrogen) atoms. The minimum atomic E-state index is -4.57. The van der Waals surface area contributed by atoms with Crippen LogP contribution in [0.3, 0.4) is 0 Å². The fourth-order valence-corrected chi connectivity index (χ4v) is 3.76. The molecular formula is C13H13F4NOS2. The molecule has 0 bridgehead atoms. The summed E-state index contributed by atoms with van der Waals surface area (Å²) in [5, 5.41) is -0.781. The predicted octanol–water partition coefficient (Wildman–Crippen LogP) is 3.78. The van der Waals surface area contributed by atoms with Crippen molar-refractivity contribution in [2.75, 3.05) is 24.3 Å². The van der Waals surface area contributed by atoms with E-state index in [9.17, 15) is 22.4 Å². The van der Waals surface area contributed by atoms with E-state index in [0.29, 0.717) is 12.3 Å². The molecule has 1 unspecified atom stereocenters. The van der Waals surface area contributed by atoms with Gasteiger partial charge in [-0.1, -0.05) is 0 Å². The first-order valence-electron chi connectivity index (χ1n) is 6.11. The zero-order valence-electron chi connectivity index (χ0n) is 11.1. The van der Waals surface area contributed by atoms with Gasteiger partial charge in [0, 0.05) is 12.3 Å². The Balaban J connectivity index is 2.40. The third-order valence-corrected chi connectivity index (χ3v) is 4.92. The number of amides is 1. The van der Waals surface area contributed by atoms with Crippen molar-refractivity contribution < 1.29 is 22.4 Å². The van der Waals surface area contributed by atoms with Gasteiger partial charge in [0.25, 0.3) is 0 Å². The van der Waals surface area contributed by atoms with Gasteiger partial charge in [-0.2, -0.15) is 24.9 Å². The number of hydrogen-bond donors (Lipinski definition) is 0. The van der Waals surface area contributed by atoms with Crippen LogP contribution >= 0.6 is 23.5 Å². The molecule has 8 heteroatoms. The molecule has 0 radical (unpaired) electrons. The van der Waals surface area contributed by atoms with E-state index >= 15 is 0 Å². The van der Waals surface area contributed by atoms with Crippen LogP contribution in [0.4, 0.5) is 17.6 Å². The van der Waals surface area contributed by atoms with Crippen LogP contribution in [0.15, 0.2) is 18.2 Å². The first kappa shape index (κ1) is 16.5. The highest BCUT2D eigenvalue weighted by atomic mass is 32.2. The number of nitrogens with zero attached hydrogens (tertiary/aromatic N) is 1. The molecule has 0 saturated carbocycles. The molecule has 0 aliphatic carbocycles. The van der Waals surface area contributed by atoms with E-state index in [4.69, 9.17) is 0 Å². The Labute approximate surface area is 128 Å². The average molecular weight is 339 g/mol. The van der Waals surface area contributed by atoms with Crippen LogP contribution in [-0.4, -0.2) is 35.1 Å². The summed E-state index contributed by atoms with van der Waals surface area (Å²) >= 11 is 2.60. The summed E-state index contributed by atoms with van der Waals surface area (Å²) in [4.78, 5) is 13.2. The monoisotopic (exact) mass is 339 g/mol. The lowest BCUT2D eigenvalue weighted by molar-refractivity contribution is -0.139. The van der Waals surface area contributed by atoms with Crippen molar-refractivity contribution in [3.63, 3.8) is 0 Å². The molecule has 116 valence electrons. The van der Waals surface area contributed by atoms with Crippen molar-refractivity contribution in [1.29, 1.82) is 0 Å². The summed E-state index contributed by atoms with van der Waals surface area (Å²) in [6.07, 6.45) is -2.72. The third kappa shape index (κ3) is 3.66. The number of halogens is 4. The maximum Gasteiger partial charge on any atom is 0.416 e. The zero-order valence-corrected chi connectivity index (χ0v) is 12.7. The van der Waals surface area contributed by atoms with Crippen molar-refractivity contribution in [2.24, 2.45) is 0 Å². The highest BCUT2D eigenvalue weighted by Crippen LogP contribution is 2.44. The van der Waals surface area contributed by atoms with E-state index in [2.05, 4.69) is 0 Å². The Morgan fingerprint density at radius 1 is 1.43 bits per heavy atom. The number of carbonyl (C=O) groups excluding carboxylic acids is 1. The molecule has 1 aliphatic rings. The van der Waals surface area contributed by atoms with Crippen LogP contribution in [0.5, 0.6) is 0 Å². The molecular weight excluding hydrogens is 326 g/mol. The van der Waals surface area contributed by atoms with E-state index in [-0.39, 0.29) is 17.2 Å². The molecule has 1 fully saturated rings. The topological polar surface area (TPSA) is 20.3 Å². The largest absolute Gasteiger partial charge is 0.416 e. The number of alkyl halides is 3. The molecule has 1 atom stereocenters. The number of benzene rings is 1. The number of rotatable bonds is 4. The highest BCUT2D eigenvalue weighted by molar-refractivity contribution is 8.00. The van der Waals surface area contributed by atoms with Crippen molar-refractivity contribution in [1.82, 2.24) is 4.90 Å². The molecule has 1 aromatic carbocycles. The normalized spacial score (nSPS) is 19.4. The van der Waals surface area contributed by atoms with Crippen LogP contribution in [-0.2, 0) is 11.0 Å². The fourth-order valence-electron chi connectivity index (χ4n) is 2.14. The first-order chi connectivity index (χ1) is 9.84. The maximum absolute atomic E-state index is 13.4. The second-order valence-electron chi connectivity index (χ2n) is 4.47. The predicted molar refractivity (Wildman–Crippen MR) is 76.7 cm³/mol. The van der Waals surface area contributed by atoms with E-state index in [1.165, 1.54) is 16.7 Å². The van der Waals surface area contributed by atoms with E-state index in [0.717, 1.165) is 30.0 Å². The second kappa shape index (κ2) is 6.48. The van der Waals surface area contributed by atoms with Gasteiger partial charge in [0.05, 0.1) is 11.3 Å². The van der Waals surface area contributed by atoms with Gasteiger partial charge < -0.3 is 4.90 Å². The highest BCUT2D eigenvalue weighted by Gasteiger charge is 2.40. The van der Waals surface area contributed by atoms with Crippen LogP contribution in [0.2, 0.25) is 0 Å². The molecule has 1 heterocycles. The van der Waals surface area contributed by atoms with Gasteiger partial charge in [0.2, 0.25) is 5.91 Å². The minimum Gasteiger partial charge on any atom is -0.325 e. The van der Waals surface area contributed by atoms with Crippen molar-refractivity contribution >= 4 is 29.4 Å². The fraction of sp³-hybridized carbons (Fsp3) is 0.462. The first-order valence-corrected chi connectivity index (χ1v) is 8.55. The van der Waals surface area contributed by atoms with Gasteiger partial charge in [0.1, 0.15) is 11.2 Å². The summed E-state index contributed by atoms with van der Waals surface area (Å²) in [6.45, 7) is 0.353. The molecule has 1 saturated heterocycles. The SMILES string of the molecule is CSCCN1C(=O)CSC1c1cc(F)ccc1C(F)(F)F. The molecule has 0 aromatic heterocycles. The molecule has 2 rings (SSSR count). The Bertz CT molecular complexity index is 535. The van der Waals surface area contributed by atoms with Crippen molar-refractivity contribution in [3.05, 3.63) is 35.1 Å². The molecule has 1 aromatic rings. The van der Waals surface area contributed by atoms with E-state index < -0.39 is 22.9 Å². The smallest absolute Gasteiger partial charge is 0.325 e. The summed E-state index contributed by atoms with van der Waals surface area (Å²) < 4.78 is 52.6. The van der Waals surface area contributed by atoms with Crippen LogP contribution in [0, 0.1) is 5.82 Å². The molecule has 1 aliphatic heterocycles. The maximum atomic E-state index is 13.4. The lowest BCUT2D eigenvalue weighted by Gasteiger charge is -2.26. The summed E-state index contributed by atoms with van der Waals surface area (Å²) in [5.74, 6) is -0.203. The molecule has 0 N–H and O–H groups in total. The Kier molecular flexibility index (Phi) is 5.08. The van der Waals surface area contributed by atoms with Gasteiger partial charge in [-0.05, 0) is 30.0 Å². The molecule has 1 amide bonds. The Morgan fingerprint density at radius 2 is 2.14 bits per heavy atom. The quantitative estimate of drug-likeness (QED) is 0.779. The van der Waals surface area contributed by atoms with E-state index in [1.54, 1.807) is 0 Å². The van der Waals surface area contributed by atoms with Crippen LogP contribution in [0.25, 0.3) is 0 Å². The lowest BCUT2D eigenvalue weighted by Crippen LogP contribution is -2.31. The Morgan fingerprint density at radius 3 is 2.76 bits per heavy atom. The standard InChI is InChI=1S/C13H13F4NOS2/c1-20-5-4-18-11(19)7-21-12(18)9-6-8(14)2-3-10(9)13(15,16)17/h2-3,6,12H,4-5,7H2,1H3. The molecule has 0 spiro atoms. The average Bonchev–Trinajstić information content (AvgIpc) is 2.76. The van der Waals surface area contributed by atoms with Gasteiger partial charge in [-0.15, -0.1) is 11.8 Å². The number of carbonyl (C=O) groups is 1. The Hall–Kier alpha value is -0.890.